The van der Waals surface area contributed by atoms with Gasteiger partial charge >= 0.3 is 5.97 Å². The van der Waals surface area contributed by atoms with Gasteiger partial charge in [-0.05, 0) is 44.2 Å². The molecule has 1 aromatic heterocycles. The summed E-state index contributed by atoms with van der Waals surface area (Å²) in [6.07, 6.45) is 0. The molecule has 0 unspecified atom stereocenters. The van der Waals surface area contributed by atoms with Crippen LogP contribution in [0.3, 0.4) is 0 Å². The Hall–Kier alpha value is -3.52. The Morgan fingerprint density at radius 3 is 2.42 bits per heavy atom. The van der Waals surface area contributed by atoms with E-state index < -0.39 is 11.9 Å². The van der Waals surface area contributed by atoms with Gasteiger partial charge in [0, 0.05) is 10.6 Å². The van der Waals surface area contributed by atoms with E-state index in [1.54, 1.807) is 18.2 Å². The first-order chi connectivity index (χ1) is 15.0. The third-order valence-electron chi connectivity index (χ3n) is 4.28. The zero-order valence-corrected chi connectivity index (χ0v) is 18.1. The van der Waals surface area contributed by atoms with Gasteiger partial charge in [0.2, 0.25) is 0 Å². The summed E-state index contributed by atoms with van der Waals surface area (Å²) < 4.78 is 16.1. The lowest BCUT2D eigenvalue weighted by Gasteiger charge is -2.17. The molecule has 0 fully saturated rings. The Morgan fingerprint density at radius 1 is 1.06 bits per heavy atom. The molecule has 3 rings (SSSR count). The number of nitrogens with zero attached hydrogens (tertiary/aromatic N) is 1. The number of hydrogen-bond donors (Lipinski definition) is 2. The van der Waals surface area contributed by atoms with Crippen molar-refractivity contribution < 1.29 is 23.8 Å². The van der Waals surface area contributed by atoms with Gasteiger partial charge < -0.3 is 19.5 Å². The van der Waals surface area contributed by atoms with E-state index in [0.717, 1.165) is 5.56 Å². The lowest BCUT2D eigenvalue weighted by atomic mass is 10.1. The summed E-state index contributed by atoms with van der Waals surface area (Å²) in [6, 6.07) is 11.7. The normalized spacial score (nSPS) is 10.5. The molecule has 0 radical (unpaired) electrons. The Kier molecular flexibility index (Phi) is 7.15. The number of rotatable bonds is 8. The van der Waals surface area contributed by atoms with Gasteiger partial charge in [-0.3, -0.25) is 9.89 Å². The highest BCUT2D eigenvalue weighted by Gasteiger charge is 2.20. The highest BCUT2D eigenvalue weighted by molar-refractivity contribution is 6.30. The Labute approximate surface area is 184 Å². The summed E-state index contributed by atoms with van der Waals surface area (Å²) in [5.74, 6) is -0.374. The minimum atomic E-state index is -0.564. The molecule has 0 saturated heterocycles. The Balaban J connectivity index is 1.93. The van der Waals surface area contributed by atoms with Crippen molar-refractivity contribution in [3.05, 3.63) is 58.7 Å². The number of ether oxygens (including phenoxy) is 3. The molecule has 162 valence electrons. The molecule has 0 atom stereocenters. The minimum Gasteiger partial charge on any atom is -0.490 e. The van der Waals surface area contributed by atoms with Crippen molar-refractivity contribution in [1.29, 1.82) is 0 Å². The second-order valence-corrected chi connectivity index (χ2v) is 6.77. The van der Waals surface area contributed by atoms with Crippen LogP contribution in [0.4, 0.5) is 5.69 Å². The molecule has 0 bridgehead atoms. The maximum atomic E-state index is 12.9. The molecule has 0 aliphatic rings. The van der Waals surface area contributed by atoms with E-state index in [9.17, 15) is 9.59 Å². The Morgan fingerprint density at radius 2 is 1.77 bits per heavy atom. The minimum absolute atomic E-state index is 0.219. The van der Waals surface area contributed by atoms with Crippen LogP contribution in [-0.2, 0) is 4.74 Å². The fourth-order valence-corrected chi connectivity index (χ4v) is 3.01. The van der Waals surface area contributed by atoms with Crippen LogP contribution in [0.2, 0.25) is 5.02 Å². The third-order valence-corrected chi connectivity index (χ3v) is 4.53. The zero-order valence-electron chi connectivity index (χ0n) is 17.3. The van der Waals surface area contributed by atoms with Crippen molar-refractivity contribution in [1.82, 2.24) is 10.2 Å². The number of carbonyl (C=O) groups excluding carboxylic acids is 2. The molecule has 0 aliphatic carbocycles. The molecule has 9 heteroatoms. The number of aromatic amines is 1. The molecule has 2 N–H and O–H groups in total. The maximum Gasteiger partial charge on any atom is 0.338 e. The largest absolute Gasteiger partial charge is 0.490 e. The number of benzene rings is 2. The number of H-pyrrole nitrogens is 1. The van der Waals surface area contributed by atoms with Crippen molar-refractivity contribution in [2.45, 2.75) is 13.8 Å². The van der Waals surface area contributed by atoms with Crippen molar-refractivity contribution in [3.8, 4) is 22.8 Å². The van der Waals surface area contributed by atoms with Gasteiger partial charge in [-0.25, -0.2) is 4.79 Å². The molecule has 0 saturated carbocycles. The number of nitrogens with one attached hydrogen (secondary N) is 2. The van der Waals surface area contributed by atoms with Crippen LogP contribution in [0.5, 0.6) is 11.5 Å². The van der Waals surface area contributed by atoms with Crippen LogP contribution >= 0.6 is 11.6 Å². The summed E-state index contributed by atoms with van der Waals surface area (Å²) >= 11 is 5.92. The molecule has 1 amide bonds. The van der Waals surface area contributed by atoms with Gasteiger partial charge in [0.1, 0.15) is 5.69 Å². The fourth-order valence-electron chi connectivity index (χ4n) is 2.88. The molecule has 31 heavy (non-hydrogen) atoms. The number of anilines is 1. The molecule has 0 spiro atoms. The van der Waals surface area contributed by atoms with Gasteiger partial charge in [0.05, 0.1) is 37.3 Å². The second kappa shape index (κ2) is 9.99. The van der Waals surface area contributed by atoms with Crippen LogP contribution in [0, 0.1) is 0 Å². The molecular weight excluding hydrogens is 422 g/mol. The first kappa shape index (κ1) is 22.2. The van der Waals surface area contributed by atoms with E-state index >= 15 is 0 Å². The monoisotopic (exact) mass is 443 g/mol. The van der Waals surface area contributed by atoms with E-state index in [-0.39, 0.29) is 16.9 Å². The van der Waals surface area contributed by atoms with Crippen molar-refractivity contribution >= 4 is 29.2 Å². The quantitative estimate of drug-likeness (QED) is 0.494. The predicted molar refractivity (Wildman–Crippen MR) is 117 cm³/mol. The van der Waals surface area contributed by atoms with E-state index in [4.69, 9.17) is 25.8 Å². The number of amides is 1. The van der Waals surface area contributed by atoms with Crippen molar-refractivity contribution in [2.24, 2.45) is 0 Å². The summed E-state index contributed by atoms with van der Waals surface area (Å²) in [5.41, 5.74) is 2.12. The van der Waals surface area contributed by atoms with Gasteiger partial charge in [0.15, 0.2) is 11.5 Å². The van der Waals surface area contributed by atoms with E-state index in [0.29, 0.717) is 35.4 Å². The second-order valence-electron chi connectivity index (χ2n) is 6.34. The summed E-state index contributed by atoms with van der Waals surface area (Å²) in [7, 11) is 1.28. The number of carbonyl (C=O) groups is 2. The van der Waals surface area contributed by atoms with Gasteiger partial charge in [-0.15, -0.1) is 0 Å². The van der Waals surface area contributed by atoms with Crippen molar-refractivity contribution in [2.75, 3.05) is 25.6 Å². The highest BCUT2D eigenvalue weighted by atomic mass is 35.5. The number of halogens is 1. The zero-order chi connectivity index (χ0) is 22.4. The first-order valence-electron chi connectivity index (χ1n) is 9.61. The predicted octanol–water partition coefficient (Wildman–Crippen LogP) is 4.57. The standard InChI is InChI=1S/C22H22ClN3O5/c1-4-30-19-11-14(22(28)29-3)10-17(20(19)31-5-2)24-21(27)18-12-16(25-26-18)13-6-8-15(23)9-7-13/h6-12H,4-5H2,1-3H3,(H,24,27)(H,25,26). The maximum absolute atomic E-state index is 12.9. The average molecular weight is 444 g/mol. The average Bonchev–Trinajstić information content (AvgIpc) is 3.26. The molecule has 0 aliphatic heterocycles. The number of methoxy groups -OCH3 is 1. The van der Waals surface area contributed by atoms with E-state index in [2.05, 4.69) is 15.5 Å². The summed E-state index contributed by atoms with van der Waals surface area (Å²) in [6.45, 7) is 4.30. The molecule has 3 aromatic rings. The fraction of sp³-hybridized carbons (Fsp3) is 0.227. The Bertz CT molecular complexity index is 1080. The lowest BCUT2D eigenvalue weighted by Crippen LogP contribution is -2.15. The SMILES string of the molecule is CCOc1cc(C(=O)OC)cc(NC(=O)c2cc(-c3ccc(Cl)cc3)n[nH]2)c1OCC. The van der Waals surface area contributed by atoms with Crippen LogP contribution in [-0.4, -0.2) is 42.4 Å². The van der Waals surface area contributed by atoms with E-state index in [1.165, 1.54) is 19.2 Å². The van der Waals surface area contributed by atoms with Crippen molar-refractivity contribution in [3.63, 3.8) is 0 Å². The smallest absolute Gasteiger partial charge is 0.338 e. The third kappa shape index (κ3) is 5.16. The molecule has 1 heterocycles. The molecule has 8 nitrogen and oxygen atoms in total. The topological polar surface area (TPSA) is 103 Å². The molecule has 2 aromatic carbocycles. The number of hydrogen-bond acceptors (Lipinski definition) is 6. The lowest BCUT2D eigenvalue weighted by molar-refractivity contribution is 0.0600. The van der Waals surface area contributed by atoms with Crippen LogP contribution in [0.25, 0.3) is 11.3 Å². The summed E-state index contributed by atoms with van der Waals surface area (Å²) in [4.78, 5) is 24.9. The van der Waals surface area contributed by atoms with E-state index in [1.807, 2.05) is 26.0 Å². The van der Waals surface area contributed by atoms with Crippen LogP contribution < -0.4 is 14.8 Å². The molecular formula is C22H22ClN3O5. The number of esters is 1. The van der Waals surface area contributed by atoms with Gasteiger partial charge in [0.25, 0.3) is 5.91 Å². The number of aromatic nitrogens is 2. The van der Waals surface area contributed by atoms with Gasteiger partial charge in [-0.2, -0.15) is 5.10 Å². The highest BCUT2D eigenvalue weighted by Crippen LogP contribution is 2.38. The van der Waals surface area contributed by atoms with Gasteiger partial charge in [-0.1, -0.05) is 23.7 Å². The first-order valence-corrected chi connectivity index (χ1v) is 9.99. The van der Waals surface area contributed by atoms with Crippen LogP contribution in [0.1, 0.15) is 34.7 Å². The summed E-state index contributed by atoms with van der Waals surface area (Å²) in [5, 5.41) is 10.3. The van der Waals surface area contributed by atoms with Crippen LogP contribution in [0.15, 0.2) is 42.5 Å².